The molecule has 4 rings (SSSR count). The van der Waals surface area contributed by atoms with E-state index in [1.165, 1.54) is 39.9 Å². The lowest BCUT2D eigenvalue weighted by atomic mass is 10.0. The number of nitrogens with zero attached hydrogens (tertiary/aromatic N) is 3. The fraction of sp³-hybridized carbons (Fsp3) is 0.316. The number of piperidine rings is 1. The molecule has 0 radical (unpaired) electrons. The van der Waals surface area contributed by atoms with Crippen molar-refractivity contribution >= 4 is 49.2 Å². The third kappa shape index (κ3) is 4.48. The molecule has 0 bridgehead atoms. The van der Waals surface area contributed by atoms with Gasteiger partial charge in [-0.25, -0.2) is 8.42 Å². The number of anilines is 1. The Kier molecular flexibility index (Phi) is 6.05. The lowest BCUT2D eigenvalue weighted by Crippen LogP contribution is -2.37. The first-order chi connectivity index (χ1) is 14.3. The summed E-state index contributed by atoms with van der Waals surface area (Å²) in [5.74, 6) is 0.376. The summed E-state index contributed by atoms with van der Waals surface area (Å²) >= 11 is 4.80. The zero-order valence-corrected chi connectivity index (χ0v) is 19.3. The molecule has 3 aromatic rings. The van der Waals surface area contributed by atoms with Gasteiger partial charge in [-0.2, -0.15) is 4.31 Å². The first-order valence-corrected chi connectivity index (χ1v) is 12.4. The van der Waals surface area contributed by atoms with E-state index in [-0.39, 0.29) is 10.9 Å². The number of aromatic nitrogens is 2. The quantitative estimate of drug-likeness (QED) is 0.550. The molecule has 0 atom stereocenters. The number of carbonyl (C=O) groups is 1. The topological polar surface area (TPSA) is 105 Å². The molecule has 1 N–H and O–H groups in total. The minimum absolute atomic E-state index is 0.0290. The maximum absolute atomic E-state index is 12.8. The van der Waals surface area contributed by atoms with Gasteiger partial charge in [0.2, 0.25) is 10.0 Å². The highest BCUT2D eigenvalue weighted by Gasteiger charge is 2.28. The summed E-state index contributed by atoms with van der Waals surface area (Å²) < 4.78 is 33.5. The highest BCUT2D eigenvalue weighted by molar-refractivity contribution is 9.11. The zero-order valence-electron chi connectivity index (χ0n) is 16.0. The molecule has 0 aliphatic carbocycles. The highest BCUT2D eigenvalue weighted by Crippen LogP contribution is 2.31. The lowest BCUT2D eigenvalue weighted by molar-refractivity contribution is 0.102. The van der Waals surface area contributed by atoms with Crippen LogP contribution in [0.3, 0.4) is 0 Å². The first kappa shape index (κ1) is 21.2. The van der Waals surface area contributed by atoms with Gasteiger partial charge < -0.3 is 4.42 Å². The fourth-order valence-electron chi connectivity index (χ4n) is 3.12. The molecule has 0 unspecified atom stereocenters. The molecule has 1 amide bonds. The zero-order chi connectivity index (χ0) is 21.3. The molecule has 8 nitrogen and oxygen atoms in total. The minimum atomic E-state index is -3.55. The van der Waals surface area contributed by atoms with Crippen LogP contribution in [0.1, 0.15) is 30.1 Å². The van der Waals surface area contributed by atoms with Gasteiger partial charge in [-0.15, -0.1) is 16.4 Å². The Hall–Kier alpha value is -2.08. The molecule has 30 heavy (non-hydrogen) atoms. The number of halogens is 1. The summed E-state index contributed by atoms with van der Waals surface area (Å²) in [7, 11) is -3.55. The summed E-state index contributed by atoms with van der Waals surface area (Å²) in [5.41, 5.74) is 0.292. The number of nitrogens with one attached hydrogen (secondary N) is 1. The predicted octanol–water partition coefficient (Wildman–Crippen LogP) is 4.23. The molecule has 1 aromatic carbocycles. The Labute approximate surface area is 186 Å². The maximum atomic E-state index is 12.8. The molecule has 2 aromatic heterocycles. The van der Waals surface area contributed by atoms with E-state index in [1.807, 2.05) is 12.1 Å². The van der Waals surface area contributed by atoms with Crippen molar-refractivity contribution in [2.75, 3.05) is 18.4 Å². The molecule has 158 valence electrons. The molecule has 1 aliphatic heterocycles. The molecule has 0 spiro atoms. The van der Waals surface area contributed by atoms with Crippen LogP contribution in [0.25, 0.3) is 10.8 Å². The van der Waals surface area contributed by atoms with Gasteiger partial charge in [-0.1, -0.05) is 12.0 Å². The third-order valence-electron chi connectivity index (χ3n) is 4.93. The Bertz CT molecular complexity index is 1150. The molecular weight excluding hydrogens is 492 g/mol. The molecule has 1 aliphatic rings. The average molecular weight is 511 g/mol. The van der Waals surface area contributed by atoms with Crippen molar-refractivity contribution in [3.05, 3.63) is 45.7 Å². The molecular formula is C19H19BrN4O4S2. The van der Waals surface area contributed by atoms with Crippen LogP contribution in [-0.4, -0.2) is 41.9 Å². The Morgan fingerprint density at radius 2 is 1.87 bits per heavy atom. The van der Waals surface area contributed by atoms with Gasteiger partial charge in [0.25, 0.3) is 11.8 Å². The van der Waals surface area contributed by atoms with E-state index in [0.717, 1.165) is 21.5 Å². The van der Waals surface area contributed by atoms with Crippen LogP contribution in [0.15, 0.2) is 49.5 Å². The summed E-state index contributed by atoms with van der Waals surface area (Å²) in [6.07, 6.45) is 1.71. The van der Waals surface area contributed by atoms with Crippen molar-refractivity contribution in [3.63, 3.8) is 0 Å². The number of sulfonamides is 1. The smallest absolute Gasteiger partial charge is 0.322 e. The average Bonchev–Trinajstić information content (AvgIpc) is 3.37. The normalized spacial score (nSPS) is 15.9. The lowest BCUT2D eigenvalue weighted by Gasteiger charge is -2.29. The Morgan fingerprint density at radius 1 is 1.17 bits per heavy atom. The van der Waals surface area contributed by atoms with Gasteiger partial charge in [0.05, 0.1) is 13.6 Å². The van der Waals surface area contributed by atoms with E-state index >= 15 is 0 Å². The molecule has 0 saturated carbocycles. The van der Waals surface area contributed by atoms with Crippen LogP contribution in [-0.2, 0) is 10.0 Å². The van der Waals surface area contributed by atoms with Crippen LogP contribution in [0.4, 0.5) is 6.01 Å². The third-order valence-corrected chi connectivity index (χ3v) is 8.45. The van der Waals surface area contributed by atoms with Crippen molar-refractivity contribution < 1.29 is 17.6 Å². The van der Waals surface area contributed by atoms with Gasteiger partial charge in [0.15, 0.2) is 0 Å². The van der Waals surface area contributed by atoms with Crippen LogP contribution in [0.2, 0.25) is 0 Å². The van der Waals surface area contributed by atoms with Crippen LogP contribution in [0.5, 0.6) is 0 Å². The summed E-state index contributed by atoms with van der Waals surface area (Å²) in [4.78, 5) is 13.4. The van der Waals surface area contributed by atoms with Gasteiger partial charge in [-0.3, -0.25) is 10.1 Å². The van der Waals surface area contributed by atoms with Crippen molar-refractivity contribution in [2.45, 2.75) is 24.7 Å². The minimum Gasteiger partial charge on any atom is -0.402 e. The van der Waals surface area contributed by atoms with Crippen LogP contribution >= 0.6 is 27.3 Å². The van der Waals surface area contributed by atoms with Crippen molar-refractivity contribution in [3.8, 4) is 10.8 Å². The Morgan fingerprint density at radius 3 is 2.50 bits per heavy atom. The van der Waals surface area contributed by atoms with Crippen molar-refractivity contribution in [2.24, 2.45) is 5.92 Å². The first-order valence-electron chi connectivity index (χ1n) is 9.34. The van der Waals surface area contributed by atoms with E-state index in [2.05, 4.69) is 38.4 Å². The van der Waals surface area contributed by atoms with Gasteiger partial charge in [-0.05, 0) is 71.1 Å². The van der Waals surface area contributed by atoms with Gasteiger partial charge in [0, 0.05) is 18.7 Å². The second-order valence-corrected chi connectivity index (χ2v) is 11.5. The SMILES string of the molecule is CC1CCN(S(=O)(=O)c2ccc(C(=O)Nc3nnc(-c4ccc(Br)s4)o3)cc2)CC1. The number of carbonyl (C=O) groups excluding carboxylic acids is 1. The number of benzene rings is 1. The largest absolute Gasteiger partial charge is 0.402 e. The number of hydrogen-bond acceptors (Lipinski definition) is 7. The van der Waals surface area contributed by atoms with E-state index < -0.39 is 15.9 Å². The predicted molar refractivity (Wildman–Crippen MR) is 117 cm³/mol. The van der Waals surface area contributed by atoms with Crippen molar-refractivity contribution in [1.82, 2.24) is 14.5 Å². The molecule has 1 fully saturated rings. The second kappa shape index (κ2) is 8.58. The molecule has 1 saturated heterocycles. The van der Waals surface area contributed by atoms with Gasteiger partial charge >= 0.3 is 6.01 Å². The number of thiophene rings is 1. The van der Waals surface area contributed by atoms with E-state index in [0.29, 0.717) is 30.5 Å². The van der Waals surface area contributed by atoms with Gasteiger partial charge in [0.1, 0.15) is 0 Å². The Balaban J connectivity index is 1.44. The number of hydrogen-bond donors (Lipinski definition) is 1. The van der Waals surface area contributed by atoms with E-state index in [4.69, 9.17) is 4.42 Å². The maximum Gasteiger partial charge on any atom is 0.322 e. The summed E-state index contributed by atoms with van der Waals surface area (Å²) in [6.45, 7) is 3.17. The summed E-state index contributed by atoms with van der Waals surface area (Å²) in [5, 5.41) is 10.3. The molecule has 3 heterocycles. The second-order valence-electron chi connectivity index (χ2n) is 7.08. The standard InChI is InChI=1S/C19H19BrN4O4S2/c1-12-8-10-24(11-9-12)30(26,27)14-4-2-13(3-5-14)17(25)21-19-23-22-18(28-19)15-6-7-16(20)29-15/h2-7,12H,8-11H2,1H3,(H,21,23,25). The molecule has 11 heteroatoms. The fourth-order valence-corrected chi connectivity index (χ4v) is 5.90. The van der Waals surface area contributed by atoms with Crippen molar-refractivity contribution in [1.29, 1.82) is 0 Å². The monoisotopic (exact) mass is 510 g/mol. The number of rotatable bonds is 5. The highest BCUT2D eigenvalue weighted by atomic mass is 79.9. The summed E-state index contributed by atoms with van der Waals surface area (Å²) in [6, 6.07) is 9.51. The van der Waals surface area contributed by atoms with Crippen LogP contribution in [0, 0.1) is 5.92 Å². The van der Waals surface area contributed by atoms with E-state index in [9.17, 15) is 13.2 Å². The van der Waals surface area contributed by atoms with E-state index in [1.54, 1.807) is 0 Å². The number of amides is 1. The van der Waals surface area contributed by atoms with Crippen LogP contribution < -0.4 is 5.32 Å².